The molecule has 0 atom stereocenters. The minimum absolute atomic E-state index is 0.126. The second-order valence-corrected chi connectivity index (χ2v) is 9.27. The Kier molecular flexibility index (Phi) is 6.80. The molecule has 1 saturated heterocycles. The third-order valence-corrected chi connectivity index (χ3v) is 7.21. The normalized spacial score (nSPS) is 14.5. The zero-order valence-electron chi connectivity index (χ0n) is 16.8. The lowest BCUT2D eigenvalue weighted by Crippen LogP contribution is -2.28. The van der Waals surface area contributed by atoms with E-state index in [9.17, 15) is 18.0 Å². The summed E-state index contributed by atoms with van der Waals surface area (Å²) in [6, 6.07) is 8.98. The van der Waals surface area contributed by atoms with Crippen molar-refractivity contribution in [2.24, 2.45) is 0 Å². The fraction of sp³-hybridized carbons (Fsp3) is 0.333. The van der Waals surface area contributed by atoms with Crippen molar-refractivity contribution in [2.45, 2.75) is 31.6 Å². The van der Waals surface area contributed by atoms with Crippen LogP contribution in [-0.2, 0) is 14.8 Å². The molecule has 1 fully saturated rings. The van der Waals surface area contributed by atoms with E-state index in [1.165, 1.54) is 28.6 Å². The Morgan fingerprint density at radius 3 is 2.40 bits per heavy atom. The molecule has 1 aliphatic heterocycles. The topological polar surface area (TPSA) is 92.8 Å². The summed E-state index contributed by atoms with van der Waals surface area (Å²) in [5.41, 5.74) is 1.35. The van der Waals surface area contributed by atoms with E-state index in [1.807, 2.05) is 0 Å². The summed E-state index contributed by atoms with van der Waals surface area (Å²) in [5.74, 6) is -1.01. The van der Waals surface area contributed by atoms with Crippen LogP contribution in [0.5, 0.6) is 0 Å². The lowest BCUT2D eigenvalue weighted by molar-refractivity contribution is 0.0526. The third kappa shape index (κ3) is 4.66. The summed E-state index contributed by atoms with van der Waals surface area (Å²) in [5, 5.41) is 2.83. The second kappa shape index (κ2) is 9.16. The number of ether oxygens (including phenoxy) is 1. The Morgan fingerprint density at radius 2 is 1.77 bits per heavy atom. The van der Waals surface area contributed by atoms with Gasteiger partial charge in [-0.25, -0.2) is 13.2 Å². The van der Waals surface area contributed by atoms with Crippen molar-refractivity contribution < 1.29 is 22.7 Å². The van der Waals surface area contributed by atoms with Crippen LogP contribution in [0.3, 0.4) is 0 Å². The number of benzene rings is 2. The fourth-order valence-corrected chi connectivity index (χ4v) is 5.23. The number of anilines is 1. The number of carbonyl (C=O) groups excluding carboxylic acids is 2. The highest BCUT2D eigenvalue weighted by Crippen LogP contribution is 2.27. The van der Waals surface area contributed by atoms with Crippen LogP contribution in [0.4, 0.5) is 5.69 Å². The number of carbonyl (C=O) groups is 2. The van der Waals surface area contributed by atoms with Gasteiger partial charge in [-0.1, -0.05) is 17.7 Å². The number of aryl methyl sites for hydroxylation is 1. The van der Waals surface area contributed by atoms with Crippen LogP contribution >= 0.6 is 11.6 Å². The van der Waals surface area contributed by atoms with Crippen molar-refractivity contribution in [1.29, 1.82) is 0 Å². The first kappa shape index (κ1) is 22.3. The highest BCUT2D eigenvalue weighted by atomic mass is 35.5. The molecule has 0 spiro atoms. The fourth-order valence-electron chi connectivity index (χ4n) is 3.24. The Bertz CT molecular complexity index is 1080. The number of nitrogens with one attached hydrogen (secondary N) is 1. The molecule has 1 N–H and O–H groups in total. The zero-order valence-corrected chi connectivity index (χ0v) is 18.3. The first-order valence-electron chi connectivity index (χ1n) is 9.63. The van der Waals surface area contributed by atoms with E-state index in [0.717, 1.165) is 12.8 Å². The Labute approximate surface area is 181 Å². The van der Waals surface area contributed by atoms with Crippen LogP contribution in [-0.4, -0.2) is 44.3 Å². The maximum atomic E-state index is 12.9. The molecule has 9 heteroatoms. The quantitative estimate of drug-likeness (QED) is 0.674. The molecule has 2 aromatic carbocycles. The number of amides is 1. The van der Waals surface area contributed by atoms with E-state index in [4.69, 9.17) is 16.3 Å². The van der Waals surface area contributed by atoms with Crippen molar-refractivity contribution in [1.82, 2.24) is 4.31 Å². The van der Waals surface area contributed by atoms with E-state index < -0.39 is 21.9 Å². The number of sulfonamides is 1. The predicted molar refractivity (Wildman–Crippen MR) is 115 cm³/mol. The highest BCUT2D eigenvalue weighted by molar-refractivity contribution is 7.89. The Hall–Kier alpha value is -2.42. The van der Waals surface area contributed by atoms with E-state index in [0.29, 0.717) is 24.3 Å². The van der Waals surface area contributed by atoms with Gasteiger partial charge in [-0.3, -0.25) is 4.79 Å². The summed E-state index contributed by atoms with van der Waals surface area (Å²) in [6.45, 7) is 4.62. The van der Waals surface area contributed by atoms with Crippen molar-refractivity contribution in [3.63, 3.8) is 0 Å². The molecule has 30 heavy (non-hydrogen) atoms. The molecule has 1 aliphatic rings. The van der Waals surface area contributed by atoms with E-state index >= 15 is 0 Å². The maximum absolute atomic E-state index is 12.9. The molecule has 0 unspecified atom stereocenters. The van der Waals surface area contributed by atoms with Gasteiger partial charge < -0.3 is 10.1 Å². The number of halogens is 1. The van der Waals surface area contributed by atoms with Crippen LogP contribution in [0.15, 0.2) is 41.3 Å². The molecule has 0 radical (unpaired) electrons. The average molecular weight is 451 g/mol. The van der Waals surface area contributed by atoms with Crippen LogP contribution < -0.4 is 5.32 Å². The van der Waals surface area contributed by atoms with Crippen molar-refractivity contribution in [3.05, 3.63) is 58.1 Å². The summed E-state index contributed by atoms with van der Waals surface area (Å²) >= 11 is 6.20. The Morgan fingerprint density at radius 1 is 1.10 bits per heavy atom. The van der Waals surface area contributed by atoms with Crippen LogP contribution in [0.1, 0.15) is 46.0 Å². The van der Waals surface area contributed by atoms with E-state index in [2.05, 4.69) is 5.32 Å². The minimum Gasteiger partial charge on any atom is -0.462 e. The maximum Gasteiger partial charge on any atom is 0.338 e. The SMILES string of the molecule is CCOC(=O)c1ccc(NC(=O)c2ccc(C)c(S(=O)(=O)N3CCCC3)c2)c(Cl)c1. The number of nitrogens with zero attached hydrogens (tertiary/aromatic N) is 1. The van der Waals surface area contributed by atoms with Gasteiger partial charge in [0.2, 0.25) is 10.0 Å². The van der Waals surface area contributed by atoms with Crippen molar-refractivity contribution >= 4 is 39.2 Å². The van der Waals surface area contributed by atoms with Crippen molar-refractivity contribution in [3.8, 4) is 0 Å². The average Bonchev–Trinajstić information content (AvgIpc) is 3.25. The van der Waals surface area contributed by atoms with Gasteiger partial charge in [-0.15, -0.1) is 0 Å². The molecule has 0 aliphatic carbocycles. The van der Waals surface area contributed by atoms with Crippen molar-refractivity contribution in [2.75, 3.05) is 25.0 Å². The third-order valence-electron chi connectivity index (χ3n) is 4.86. The molecule has 3 rings (SSSR count). The lowest BCUT2D eigenvalue weighted by atomic mass is 10.1. The molecule has 1 amide bonds. The van der Waals surface area contributed by atoms with E-state index in [-0.39, 0.29) is 27.7 Å². The number of hydrogen-bond acceptors (Lipinski definition) is 5. The summed E-state index contributed by atoms with van der Waals surface area (Å²) < 4.78 is 32.2. The summed E-state index contributed by atoms with van der Waals surface area (Å²) in [4.78, 5) is 24.7. The Balaban J connectivity index is 1.83. The van der Waals surface area contributed by atoms with Gasteiger partial charge in [0.25, 0.3) is 5.91 Å². The van der Waals surface area contributed by atoms with Gasteiger partial charge in [0.15, 0.2) is 0 Å². The van der Waals surface area contributed by atoms with Gasteiger partial charge in [0, 0.05) is 18.7 Å². The van der Waals surface area contributed by atoms with Gasteiger partial charge in [0.05, 0.1) is 27.8 Å². The molecule has 0 saturated carbocycles. The molecule has 0 aromatic heterocycles. The molecule has 160 valence electrons. The van der Waals surface area contributed by atoms with E-state index in [1.54, 1.807) is 26.0 Å². The molecular weight excluding hydrogens is 428 g/mol. The largest absolute Gasteiger partial charge is 0.462 e. The first-order chi connectivity index (χ1) is 14.2. The lowest BCUT2D eigenvalue weighted by Gasteiger charge is -2.18. The van der Waals surface area contributed by atoms with Gasteiger partial charge in [0.1, 0.15) is 0 Å². The number of rotatable bonds is 6. The second-order valence-electron chi connectivity index (χ2n) is 6.96. The zero-order chi connectivity index (χ0) is 21.9. The van der Waals surface area contributed by atoms with Gasteiger partial charge in [-0.2, -0.15) is 4.31 Å². The van der Waals surface area contributed by atoms with Gasteiger partial charge in [-0.05, 0) is 62.6 Å². The minimum atomic E-state index is -3.65. The van der Waals surface area contributed by atoms with Crippen LogP contribution in [0.25, 0.3) is 0 Å². The molecule has 0 bridgehead atoms. The first-order valence-corrected chi connectivity index (χ1v) is 11.4. The highest BCUT2D eigenvalue weighted by Gasteiger charge is 2.29. The standard InChI is InChI=1S/C21H23ClN2O5S/c1-3-29-21(26)16-8-9-18(17(22)12-16)23-20(25)15-7-6-14(2)19(13-15)30(27,28)24-10-4-5-11-24/h6-9,12-13H,3-5,10-11H2,1-2H3,(H,23,25). The summed E-state index contributed by atoms with van der Waals surface area (Å²) in [6.07, 6.45) is 1.66. The predicted octanol–water partition coefficient (Wildman–Crippen LogP) is 3.86. The smallest absolute Gasteiger partial charge is 0.338 e. The summed E-state index contributed by atoms with van der Waals surface area (Å²) in [7, 11) is -3.65. The van der Waals surface area contributed by atoms with Crippen LogP contribution in [0.2, 0.25) is 5.02 Å². The molecule has 7 nitrogen and oxygen atoms in total. The molecule has 2 aromatic rings. The van der Waals surface area contributed by atoms with Crippen LogP contribution in [0, 0.1) is 6.92 Å². The number of esters is 1. The number of hydrogen-bond donors (Lipinski definition) is 1. The molecular formula is C21H23ClN2O5S. The monoisotopic (exact) mass is 450 g/mol. The van der Waals surface area contributed by atoms with Gasteiger partial charge >= 0.3 is 5.97 Å². The molecule has 1 heterocycles.